The second-order valence-electron chi connectivity index (χ2n) is 5.14. The number of nitrogens with zero attached hydrogens (tertiary/aromatic N) is 1. The molecule has 0 aliphatic carbocycles. The molecule has 0 saturated carbocycles. The maximum Gasteiger partial charge on any atom is 0.326 e. The van der Waals surface area contributed by atoms with Crippen LogP contribution in [0.3, 0.4) is 0 Å². The summed E-state index contributed by atoms with van der Waals surface area (Å²) < 4.78 is 4.98. The molecule has 0 fully saturated rings. The molecule has 0 bridgehead atoms. The highest BCUT2D eigenvalue weighted by Gasteiger charge is 2.19. The first-order chi connectivity index (χ1) is 12.4. The van der Waals surface area contributed by atoms with Crippen LogP contribution in [0.1, 0.15) is 17.4 Å². The Labute approximate surface area is 159 Å². The number of carbonyl (C=O) groups excluding carboxylic acids is 3. The van der Waals surface area contributed by atoms with Crippen molar-refractivity contribution >= 4 is 46.7 Å². The third kappa shape index (κ3) is 5.72. The third-order valence-corrected chi connectivity index (χ3v) is 3.72. The fourth-order valence-corrected chi connectivity index (χ4v) is 2.20. The second kappa shape index (κ2) is 9.17. The SMILES string of the molecule is C[C@@H](OC(=O)CNC(=O)c1cc(Cl)ccn1)C(=O)Nc1ccccc1Cl. The minimum atomic E-state index is -1.07. The van der Waals surface area contributed by atoms with Crippen LogP contribution in [0, 0.1) is 0 Å². The van der Waals surface area contributed by atoms with Gasteiger partial charge in [-0.1, -0.05) is 35.3 Å². The number of anilines is 1. The van der Waals surface area contributed by atoms with E-state index in [0.29, 0.717) is 15.7 Å². The molecular weight excluding hydrogens is 381 g/mol. The number of esters is 1. The van der Waals surface area contributed by atoms with Gasteiger partial charge in [-0.15, -0.1) is 0 Å². The van der Waals surface area contributed by atoms with E-state index < -0.39 is 30.4 Å². The van der Waals surface area contributed by atoms with Gasteiger partial charge in [0.1, 0.15) is 12.2 Å². The number of benzene rings is 1. The van der Waals surface area contributed by atoms with Crippen molar-refractivity contribution < 1.29 is 19.1 Å². The molecule has 136 valence electrons. The standard InChI is InChI=1S/C17H15Cl2N3O4/c1-10(16(24)22-13-5-3-2-4-12(13)19)26-15(23)9-21-17(25)14-8-11(18)6-7-20-14/h2-8,10H,9H2,1H3,(H,21,25)(H,22,24)/t10-/m1/s1. The predicted octanol–water partition coefficient (Wildman–Crippen LogP) is 2.69. The highest BCUT2D eigenvalue weighted by molar-refractivity contribution is 6.33. The number of nitrogens with one attached hydrogen (secondary N) is 2. The Balaban J connectivity index is 1.82. The van der Waals surface area contributed by atoms with Crippen molar-refractivity contribution in [3.05, 3.63) is 58.3 Å². The van der Waals surface area contributed by atoms with Crippen LogP contribution in [0.2, 0.25) is 10.0 Å². The number of hydrogen-bond donors (Lipinski definition) is 2. The summed E-state index contributed by atoms with van der Waals surface area (Å²) in [6.07, 6.45) is 0.302. The monoisotopic (exact) mass is 395 g/mol. The van der Waals surface area contributed by atoms with Crippen molar-refractivity contribution in [3.8, 4) is 0 Å². The first kappa shape index (κ1) is 19.7. The smallest absolute Gasteiger partial charge is 0.326 e. The summed E-state index contributed by atoms with van der Waals surface area (Å²) in [5.41, 5.74) is 0.470. The molecule has 2 aromatic rings. The van der Waals surface area contributed by atoms with Crippen molar-refractivity contribution in [2.45, 2.75) is 13.0 Å². The quantitative estimate of drug-likeness (QED) is 0.732. The fraction of sp³-hybridized carbons (Fsp3) is 0.176. The van der Waals surface area contributed by atoms with Gasteiger partial charge in [-0.2, -0.15) is 0 Å². The summed E-state index contributed by atoms with van der Waals surface area (Å²) >= 11 is 11.7. The van der Waals surface area contributed by atoms with Gasteiger partial charge < -0.3 is 15.4 Å². The summed E-state index contributed by atoms with van der Waals surface area (Å²) in [7, 11) is 0. The molecular formula is C17H15Cl2N3O4. The van der Waals surface area contributed by atoms with Gasteiger partial charge in [0.25, 0.3) is 11.8 Å². The highest BCUT2D eigenvalue weighted by Crippen LogP contribution is 2.20. The minimum absolute atomic E-state index is 0.0646. The van der Waals surface area contributed by atoms with Gasteiger partial charge in [-0.3, -0.25) is 19.4 Å². The van der Waals surface area contributed by atoms with Gasteiger partial charge in [0, 0.05) is 11.2 Å². The molecule has 7 nitrogen and oxygen atoms in total. The molecule has 0 radical (unpaired) electrons. The maximum atomic E-state index is 12.0. The molecule has 1 atom stereocenters. The summed E-state index contributed by atoms with van der Waals surface area (Å²) in [5.74, 6) is -1.91. The summed E-state index contributed by atoms with van der Waals surface area (Å²) in [4.78, 5) is 39.5. The number of amides is 2. The number of halogens is 2. The van der Waals surface area contributed by atoms with Gasteiger partial charge in [-0.05, 0) is 31.2 Å². The van der Waals surface area contributed by atoms with Crippen LogP contribution in [-0.2, 0) is 14.3 Å². The van der Waals surface area contributed by atoms with E-state index in [0.717, 1.165) is 0 Å². The number of rotatable bonds is 6. The van der Waals surface area contributed by atoms with Crippen LogP contribution in [0.15, 0.2) is 42.6 Å². The zero-order valence-electron chi connectivity index (χ0n) is 13.7. The van der Waals surface area contributed by atoms with Crippen molar-refractivity contribution in [2.24, 2.45) is 0 Å². The number of ether oxygens (including phenoxy) is 1. The molecule has 9 heteroatoms. The number of hydrogen-bond acceptors (Lipinski definition) is 5. The van der Waals surface area contributed by atoms with E-state index in [-0.39, 0.29) is 5.69 Å². The van der Waals surface area contributed by atoms with E-state index in [4.69, 9.17) is 27.9 Å². The average Bonchev–Trinajstić information content (AvgIpc) is 2.61. The molecule has 0 aliphatic rings. The Morgan fingerprint density at radius 2 is 1.92 bits per heavy atom. The summed E-state index contributed by atoms with van der Waals surface area (Å²) in [6, 6.07) is 9.55. The summed E-state index contributed by atoms with van der Waals surface area (Å²) in [6.45, 7) is 0.987. The lowest BCUT2D eigenvalue weighted by atomic mass is 10.3. The number of pyridine rings is 1. The topological polar surface area (TPSA) is 97.4 Å². The van der Waals surface area contributed by atoms with E-state index in [1.165, 1.54) is 25.3 Å². The van der Waals surface area contributed by atoms with Gasteiger partial charge in [0.05, 0.1) is 10.7 Å². The maximum absolute atomic E-state index is 12.0. The molecule has 1 aromatic heterocycles. The van der Waals surface area contributed by atoms with Gasteiger partial charge in [0.2, 0.25) is 0 Å². The van der Waals surface area contributed by atoms with Crippen molar-refractivity contribution in [3.63, 3.8) is 0 Å². The Hall–Kier alpha value is -2.64. The molecule has 0 aliphatic heterocycles. The molecule has 1 aromatic carbocycles. The van der Waals surface area contributed by atoms with Crippen LogP contribution in [0.5, 0.6) is 0 Å². The van der Waals surface area contributed by atoms with E-state index in [2.05, 4.69) is 15.6 Å². The molecule has 2 rings (SSSR count). The predicted molar refractivity (Wildman–Crippen MR) is 97.2 cm³/mol. The first-order valence-corrected chi connectivity index (χ1v) is 8.27. The van der Waals surface area contributed by atoms with E-state index in [1.54, 1.807) is 24.3 Å². The Kier molecular flexibility index (Phi) is 6.94. The lowest BCUT2D eigenvalue weighted by Crippen LogP contribution is -2.36. The largest absolute Gasteiger partial charge is 0.451 e. The van der Waals surface area contributed by atoms with Crippen LogP contribution in [0.25, 0.3) is 0 Å². The van der Waals surface area contributed by atoms with Crippen molar-refractivity contribution in [1.29, 1.82) is 0 Å². The molecule has 26 heavy (non-hydrogen) atoms. The van der Waals surface area contributed by atoms with Crippen LogP contribution in [-0.4, -0.2) is 35.4 Å². The van der Waals surface area contributed by atoms with E-state index in [9.17, 15) is 14.4 Å². The summed E-state index contributed by atoms with van der Waals surface area (Å²) in [5, 5.41) is 5.60. The van der Waals surface area contributed by atoms with Crippen molar-refractivity contribution in [2.75, 3.05) is 11.9 Å². The van der Waals surface area contributed by atoms with Gasteiger partial charge in [-0.25, -0.2) is 0 Å². The minimum Gasteiger partial charge on any atom is -0.451 e. The Morgan fingerprint density at radius 3 is 2.62 bits per heavy atom. The molecule has 0 spiro atoms. The molecule has 2 amide bonds. The fourth-order valence-electron chi connectivity index (χ4n) is 1.86. The van der Waals surface area contributed by atoms with E-state index in [1.807, 2.05) is 0 Å². The van der Waals surface area contributed by atoms with Crippen LogP contribution >= 0.6 is 23.2 Å². The lowest BCUT2D eigenvalue weighted by molar-refractivity contribution is -0.152. The molecule has 0 saturated heterocycles. The third-order valence-electron chi connectivity index (χ3n) is 3.16. The normalized spacial score (nSPS) is 11.3. The van der Waals surface area contributed by atoms with Gasteiger partial charge in [0.15, 0.2) is 6.10 Å². The van der Waals surface area contributed by atoms with Crippen LogP contribution in [0.4, 0.5) is 5.69 Å². The number of para-hydroxylation sites is 1. The van der Waals surface area contributed by atoms with Gasteiger partial charge >= 0.3 is 5.97 Å². The van der Waals surface area contributed by atoms with Crippen molar-refractivity contribution in [1.82, 2.24) is 10.3 Å². The Bertz CT molecular complexity index is 829. The zero-order valence-corrected chi connectivity index (χ0v) is 15.2. The highest BCUT2D eigenvalue weighted by atomic mass is 35.5. The number of aromatic nitrogens is 1. The lowest BCUT2D eigenvalue weighted by Gasteiger charge is -2.14. The average molecular weight is 396 g/mol. The Morgan fingerprint density at radius 1 is 1.19 bits per heavy atom. The first-order valence-electron chi connectivity index (χ1n) is 7.51. The molecule has 1 heterocycles. The molecule has 2 N–H and O–H groups in total. The second-order valence-corrected chi connectivity index (χ2v) is 5.99. The zero-order chi connectivity index (χ0) is 19.1. The van der Waals surface area contributed by atoms with Crippen LogP contribution < -0.4 is 10.6 Å². The molecule has 0 unspecified atom stereocenters. The number of carbonyl (C=O) groups is 3. The van der Waals surface area contributed by atoms with E-state index >= 15 is 0 Å².